The molecule has 2 saturated heterocycles. The number of nitrogens with zero attached hydrogens (tertiary/aromatic N) is 5. The lowest BCUT2D eigenvalue weighted by Crippen LogP contribution is -2.54. The van der Waals surface area contributed by atoms with Gasteiger partial charge in [-0.2, -0.15) is 0 Å². The number of carbonyl (C=O) groups excluding carboxylic acids is 2. The molecule has 10 nitrogen and oxygen atoms in total. The number of benzene rings is 1. The predicted octanol–water partition coefficient (Wildman–Crippen LogP) is 2.43. The first-order chi connectivity index (χ1) is 18.5. The van der Waals surface area contributed by atoms with E-state index in [1.54, 1.807) is 34.7 Å². The minimum absolute atomic E-state index is 0.0366. The van der Waals surface area contributed by atoms with Crippen LogP contribution in [0.1, 0.15) is 4.88 Å². The first-order valence-corrected chi connectivity index (χ1v) is 13.3. The van der Waals surface area contributed by atoms with Crippen LogP contribution in [-0.2, 0) is 20.9 Å². The number of anilines is 1. The Hall–Kier alpha value is -4.03. The third-order valence-electron chi connectivity index (χ3n) is 7.12. The van der Waals surface area contributed by atoms with E-state index in [4.69, 9.17) is 14.7 Å². The number of nitrogens with one attached hydrogen (secondary N) is 2. The van der Waals surface area contributed by atoms with Crippen LogP contribution in [0.3, 0.4) is 0 Å². The van der Waals surface area contributed by atoms with Gasteiger partial charge in [0.05, 0.1) is 42.1 Å². The Morgan fingerprint density at radius 3 is 2.82 bits per heavy atom. The molecule has 4 aromatic rings. The zero-order valence-corrected chi connectivity index (χ0v) is 21.2. The second kappa shape index (κ2) is 9.07. The molecule has 3 aromatic heterocycles. The molecular formula is C26H24FN7O3S. The molecule has 6 heterocycles. The fourth-order valence-corrected chi connectivity index (χ4v) is 6.38. The zero-order valence-electron chi connectivity index (χ0n) is 20.4. The van der Waals surface area contributed by atoms with Crippen molar-refractivity contribution in [2.75, 3.05) is 50.8 Å². The molecule has 12 heteroatoms. The van der Waals surface area contributed by atoms with Crippen molar-refractivity contribution in [2.45, 2.75) is 6.54 Å². The molecule has 2 fully saturated rings. The number of hydrogen-bond donors (Lipinski definition) is 2. The van der Waals surface area contributed by atoms with Crippen LogP contribution in [-0.4, -0.2) is 82.5 Å². The quantitative estimate of drug-likeness (QED) is 0.415. The predicted molar refractivity (Wildman–Crippen MR) is 141 cm³/mol. The van der Waals surface area contributed by atoms with Crippen LogP contribution in [0.15, 0.2) is 42.4 Å². The second-order valence-electron chi connectivity index (χ2n) is 9.47. The van der Waals surface area contributed by atoms with E-state index in [0.29, 0.717) is 63.0 Å². The molecule has 0 aliphatic carbocycles. The van der Waals surface area contributed by atoms with E-state index < -0.39 is 0 Å². The SMILES string of the molecule is O=C1NCC(=O)N2CCN(Cc3cc4nc(-c5c(F)ccc6[nH]ccc56)nc(N5CCOCC5)c4s3)C=C12. The Morgan fingerprint density at radius 1 is 1.08 bits per heavy atom. The van der Waals surface area contributed by atoms with Crippen LogP contribution < -0.4 is 10.2 Å². The topological polar surface area (TPSA) is 107 Å². The number of morpholine rings is 1. The van der Waals surface area contributed by atoms with Crippen LogP contribution >= 0.6 is 11.3 Å². The van der Waals surface area contributed by atoms with E-state index in [1.165, 1.54) is 6.07 Å². The maximum Gasteiger partial charge on any atom is 0.269 e. The van der Waals surface area contributed by atoms with Crippen molar-refractivity contribution in [1.82, 2.24) is 30.1 Å². The molecule has 1 aromatic carbocycles. The molecule has 0 bridgehead atoms. The summed E-state index contributed by atoms with van der Waals surface area (Å²) in [4.78, 5) is 44.2. The molecule has 2 amide bonds. The van der Waals surface area contributed by atoms with Crippen molar-refractivity contribution < 1.29 is 18.7 Å². The Labute approximate surface area is 220 Å². The van der Waals surface area contributed by atoms with E-state index >= 15 is 4.39 Å². The van der Waals surface area contributed by atoms with Crippen LogP contribution in [0.2, 0.25) is 0 Å². The molecule has 3 aliphatic rings. The lowest BCUT2D eigenvalue weighted by molar-refractivity contribution is -0.137. The lowest BCUT2D eigenvalue weighted by atomic mass is 10.1. The number of amides is 2. The third-order valence-corrected chi connectivity index (χ3v) is 8.23. The molecular weight excluding hydrogens is 509 g/mol. The standard InChI is InChI=1S/C26H24FN7O3S/c27-17-1-2-18-16(3-4-28-18)22(17)24-30-19-11-15(38-23(19)25(31-24)33-7-9-37-10-8-33)13-32-5-6-34-20(14-32)26(36)29-12-21(34)35/h1-4,11,14,28H,5-10,12-13H2,(H,29,36). The number of piperazine rings is 1. The van der Waals surface area contributed by atoms with Crippen molar-refractivity contribution in [2.24, 2.45) is 0 Å². The highest BCUT2D eigenvalue weighted by Gasteiger charge is 2.32. The largest absolute Gasteiger partial charge is 0.378 e. The number of fused-ring (bicyclic) bond motifs is 3. The molecule has 3 aliphatic heterocycles. The van der Waals surface area contributed by atoms with Gasteiger partial charge in [0.2, 0.25) is 5.91 Å². The van der Waals surface area contributed by atoms with E-state index in [0.717, 1.165) is 31.8 Å². The average Bonchev–Trinajstić information content (AvgIpc) is 3.57. The van der Waals surface area contributed by atoms with Crippen LogP contribution in [0, 0.1) is 5.82 Å². The Morgan fingerprint density at radius 2 is 1.95 bits per heavy atom. The molecule has 0 radical (unpaired) electrons. The number of aromatic nitrogens is 3. The van der Waals surface area contributed by atoms with Crippen molar-refractivity contribution >= 4 is 50.1 Å². The minimum atomic E-state index is -0.371. The number of rotatable bonds is 4. The highest BCUT2D eigenvalue weighted by atomic mass is 32.1. The van der Waals surface area contributed by atoms with Gasteiger partial charge in [0.15, 0.2) is 11.6 Å². The number of hydrogen-bond acceptors (Lipinski definition) is 8. The van der Waals surface area contributed by atoms with Gasteiger partial charge in [-0.1, -0.05) is 0 Å². The first kappa shape index (κ1) is 23.1. The van der Waals surface area contributed by atoms with Gasteiger partial charge < -0.3 is 29.7 Å². The van der Waals surface area contributed by atoms with Gasteiger partial charge in [0.1, 0.15) is 11.5 Å². The normalized spacial score (nSPS) is 18.2. The zero-order chi connectivity index (χ0) is 25.8. The Bertz CT molecular complexity index is 1620. The maximum atomic E-state index is 15.2. The maximum absolute atomic E-state index is 15.2. The van der Waals surface area contributed by atoms with E-state index in [2.05, 4.69) is 15.2 Å². The summed E-state index contributed by atoms with van der Waals surface area (Å²) in [5.41, 5.74) is 2.32. The van der Waals surface area contributed by atoms with Crippen molar-refractivity contribution in [3.05, 3.63) is 53.1 Å². The number of aromatic amines is 1. The smallest absolute Gasteiger partial charge is 0.269 e. The van der Waals surface area contributed by atoms with Crippen LogP contribution in [0.5, 0.6) is 0 Å². The van der Waals surface area contributed by atoms with E-state index in [-0.39, 0.29) is 24.2 Å². The fourth-order valence-electron chi connectivity index (χ4n) is 5.24. The average molecular weight is 534 g/mol. The Kier molecular flexibility index (Phi) is 5.51. The van der Waals surface area contributed by atoms with Crippen molar-refractivity contribution in [1.29, 1.82) is 0 Å². The number of ether oxygens (including phenoxy) is 1. The first-order valence-electron chi connectivity index (χ1n) is 12.5. The van der Waals surface area contributed by atoms with Gasteiger partial charge in [-0.05, 0) is 24.3 Å². The molecule has 194 valence electrons. The summed E-state index contributed by atoms with van der Waals surface area (Å²) in [5.74, 6) is 0.414. The summed E-state index contributed by atoms with van der Waals surface area (Å²) < 4.78 is 21.7. The molecule has 0 saturated carbocycles. The van der Waals surface area contributed by atoms with E-state index in [9.17, 15) is 9.59 Å². The summed E-state index contributed by atoms with van der Waals surface area (Å²) in [6.07, 6.45) is 3.54. The van der Waals surface area contributed by atoms with Crippen LogP contribution in [0.4, 0.5) is 10.2 Å². The highest BCUT2D eigenvalue weighted by Crippen LogP contribution is 2.37. The van der Waals surface area contributed by atoms with Gasteiger partial charge in [-0.3, -0.25) is 9.59 Å². The van der Waals surface area contributed by atoms with Gasteiger partial charge in [-0.15, -0.1) is 11.3 Å². The summed E-state index contributed by atoms with van der Waals surface area (Å²) in [5, 5.41) is 3.36. The van der Waals surface area contributed by atoms with Crippen molar-refractivity contribution in [3.8, 4) is 11.4 Å². The van der Waals surface area contributed by atoms with Gasteiger partial charge in [0.25, 0.3) is 5.91 Å². The molecule has 7 rings (SSSR count). The van der Waals surface area contributed by atoms with E-state index in [1.807, 2.05) is 17.0 Å². The lowest BCUT2D eigenvalue weighted by Gasteiger charge is -2.36. The molecule has 38 heavy (non-hydrogen) atoms. The number of carbonyl (C=O) groups is 2. The molecule has 0 spiro atoms. The summed E-state index contributed by atoms with van der Waals surface area (Å²) in [6, 6.07) is 7.01. The van der Waals surface area contributed by atoms with Gasteiger partial charge >= 0.3 is 0 Å². The Balaban J connectivity index is 1.30. The highest BCUT2D eigenvalue weighted by molar-refractivity contribution is 7.19. The summed E-state index contributed by atoms with van der Waals surface area (Å²) in [7, 11) is 0. The minimum Gasteiger partial charge on any atom is -0.378 e. The third kappa shape index (κ3) is 3.87. The number of thiophene rings is 1. The molecule has 0 atom stereocenters. The second-order valence-corrected chi connectivity index (χ2v) is 10.6. The number of H-pyrrole nitrogens is 1. The fraction of sp³-hybridized carbons (Fsp3) is 0.308. The summed E-state index contributed by atoms with van der Waals surface area (Å²) >= 11 is 1.60. The molecule has 0 unspecified atom stereocenters. The van der Waals surface area contributed by atoms with Gasteiger partial charge in [-0.25, -0.2) is 14.4 Å². The van der Waals surface area contributed by atoms with Crippen LogP contribution in [0.25, 0.3) is 32.5 Å². The number of halogens is 1. The van der Waals surface area contributed by atoms with Crippen molar-refractivity contribution in [3.63, 3.8) is 0 Å². The van der Waals surface area contributed by atoms with Gasteiger partial charge in [0, 0.05) is 54.4 Å². The summed E-state index contributed by atoms with van der Waals surface area (Å²) in [6.45, 7) is 4.24. The monoisotopic (exact) mass is 533 g/mol. The molecule has 2 N–H and O–H groups in total.